The fourth-order valence-electron chi connectivity index (χ4n) is 2.37. The topological polar surface area (TPSA) is 66.0 Å². The number of carbonyl (C=O) groups is 1. The first-order valence-corrected chi connectivity index (χ1v) is 9.37. The van der Waals surface area contributed by atoms with Crippen molar-refractivity contribution in [1.82, 2.24) is 21.2 Å². The molecule has 27 heavy (non-hydrogen) atoms. The molecule has 0 saturated heterocycles. The zero-order valence-electron chi connectivity index (χ0n) is 14.5. The van der Waals surface area contributed by atoms with Crippen LogP contribution < -0.4 is 16.2 Å². The van der Waals surface area contributed by atoms with E-state index in [4.69, 9.17) is 12.2 Å². The molecule has 5 nitrogen and oxygen atoms in total. The molecule has 0 radical (unpaired) electrons. The van der Waals surface area contributed by atoms with Gasteiger partial charge < -0.3 is 5.32 Å². The molecule has 0 atom stereocenters. The molecule has 0 saturated carbocycles. The minimum atomic E-state index is -0.314. The highest BCUT2D eigenvalue weighted by molar-refractivity contribution is 7.80. The summed E-state index contributed by atoms with van der Waals surface area (Å²) in [6.07, 6.45) is 0. The second kappa shape index (κ2) is 8.70. The van der Waals surface area contributed by atoms with Gasteiger partial charge in [0.2, 0.25) is 0 Å². The fraction of sp³-hybridized carbons (Fsp3) is 0.105. The van der Waals surface area contributed by atoms with Gasteiger partial charge in [-0.05, 0) is 36.8 Å². The van der Waals surface area contributed by atoms with E-state index in [1.165, 1.54) is 23.5 Å². The second-order valence-electron chi connectivity index (χ2n) is 5.66. The van der Waals surface area contributed by atoms with Crippen molar-refractivity contribution < 1.29 is 9.18 Å². The van der Waals surface area contributed by atoms with E-state index in [-0.39, 0.29) is 16.8 Å². The minimum absolute atomic E-state index is 0.259. The van der Waals surface area contributed by atoms with Gasteiger partial charge in [0.1, 0.15) is 10.7 Å². The maximum atomic E-state index is 12.9. The molecule has 1 heterocycles. The van der Waals surface area contributed by atoms with Crippen LogP contribution in [-0.2, 0) is 6.54 Å². The zero-order chi connectivity index (χ0) is 19.2. The largest absolute Gasteiger partial charge is 0.357 e. The number of thiazole rings is 1. The molecule has 0 aliphatic carbocycles. The first-order chi connectivity index (χ1) is 13.0. The van der Waals surface area contributed by atoms with Gasteiger partial charge in [-0.15, -0.1) is 11.3 Å². The molecule has 1 aromatic heterocycles. The van der Waals surface area contributed by atoms with Crippen LogP contribution in [0.15, 0.2) is 54.6 Å². The molecule has 3 N–H and O–H groups in total. The molecular weight excluding hydrogens is 383 g/mol. The van der Waals surface area contributed by atoms with Crippen LogP contribution in [0.1, 0.15) is 20.2 Å². The number of halogens is 1. The molecule has 0 fully saturated rings. The van der Waals surface area contributed by atoms with E-state index in [2.05, 4.69) is 21.2 Å². The minimum Gasteiger partial charge on any atom is -0.357 e. The lowest BCUT2D eigenvalue weighted by Crippen LogP contribution is -2.46. The number of hydrogen-bond donors (Lipinski definition) is 3. The van der Waals surface area contributed by atoms with Crippen LogP contribution in [0.5, 0.6) is 0 Å². The van der Waals surface area contributed by atoms with Crippen LogP contribution >= 0.6 is 23.6 Å². The first-order valence-electron chi connectivity index (χ1n) is 8.14. The molecule has 2 aromatic carbocycles. The van der Waals surface area contributed by atoms with Crippen molar-refractivity contribution in [2.75, 3.05) is 0 Å². The van der Waals surface area contributed by atoms with Crippen molar-refractivity contribution in [2.24, 2.45) is 0 Å². The highest BCUT2D eigenvalue weighted by atomic mass is 32.1. The van der Waals surface area contributed by atoms with Gasteiger partial charge in [-0.25, -0.2) is 9.37 Å². The Morgan fingerprint density at radius 1 is 1.11 bits per heavy atom. The van der Waals surface area contributed by atoms with Crippen molar-refractivity contribution >= 4 is 34.6 Å². The predicted octanol–water partition coefficient (Wildman–Crippen LogP) is 3.57. The maximum absolute atomic E-state index is 12.9. The number of rotatable bonds is 4. The van der Waals surface area contributed by atoms with Gasteiger partial charge in [0.15, 0.2) is 5.11 Å². The van der Waals surface area contributed by atoms with Gasteiger partial charge in [0.25, 0.3) is 5.91 Å². The van der Waals surface area contributed by atoms with E-state index in [0.29, 0.717) is 17.1 Å². The second-order valence-corrected chi connectivity index (χ2v) is 7.28. The number of hydrogen-bond acceptors (Lipinski definition) is 4. The number of nitrogens with zero attached hydrogens (tertiary/aromatic N) is 1. The maximum Gasteiger partial charge on any atom is 0.282 e. The molecule has 0 spiro atoms. The third-order valence-electron chi connectivity index (χ3n) is 3.64. The van der Waals surface area contributed by atoms with Gasteiger partial charge in [0, 0.05) is 12.1 Å². The summed E-state index contributed by atoms with van der Waals surface area (Å²) >= 11 is 6.47. The number of amides is 1. The number of thiocarbonyl (C=S) groups is 1. The summed E-state index contributed by atoms with van der Waals surface area (Å²) in [5.74, 6) is -0.605. The van der Waals surface area contributed by atoms with E-state index in [0.717, 1.165) is 16.1 Å². The zero-order valence-corrected chi connectivity index (χ0v) is 16.1. The summed E-state index contributed by atoms with van der Waals surface area (Å²) in [7, 11) is 0. The van der Waals surface area contributed by atoms with Crippen molar-refractivity contribution in [2.45, 2.75) is 13.5 Å². The molecule has 1 amide bonds. The lowest BCUT2D eigenvalue weighted by molar-refractivity contribution is 0.0948. The van der Waals surface area contributed by atoms with Gasteiger partial charge in [0.05, 0.1) is 10.7 Å². The lowest BCUT2D eigenvalue weighted by atomic mass is 10.1. The number of aryl methyl sites for hydroxylation is 1. The summed E-state index contributed by atoms with van der Waals surface area (Å²) in [5.41, 5.74) is 7.65. The Hall–Kier alpha value is -2.84. The van der Waals surface area contributed by atoms with Crippen LogP contribution in [0.2, 0.25) is 0 Å². The van der Waals surface area contributed by atoms with E-state index in [9.17, 15) is 9.18 Å². The molecule has 8 heteroatoms. The van der Waals surface area contributed by atoms with Crippen LogP contribution in [0, 0.1) is 12.7 Å². The van der Waals surface area contributed by atoms with Gasteiger partial charge in [-0.3, -0.25) is 15.6 Å². The summed E-state index contributed by atoms with van der Waals surface area (Å²) in [6, 6.07) is 15.6. The number of nitrogens with one attached hydrogen (secondary N) is 3. The van der Waals surface area contributed by atoms with Crippen molar-refractivity contribution in [3.8, 4) is 11.3 Å². The molecule has 0 aliphatic rings. The Balaban J connectivity index is 1.58. The predicted molar refractivity (Wildman–Crippen MR) is 109 cm³/mol. The SMILES string of the molecule is Cc1nc(-c2ccccc2)c(C(=O)NNC(=S)NCc2ccc(F)cc2)s1. The molecule has 3 rings (SSSR count). The molecule has 0 bridgehead atoms. The number of benzene rings is 2. The van der Waals surface area contributed by atoms with E-state index < -0.39 is 0 Å². The number of hydrazine groups is 1. The monoisotopic (exact) mass is 400 g/mol. The summed E-state index contributed by atoms with van der Waals surface area (Å²) in [4.78, 5) is 17.5. The highest BCUT2D eigenvalue weighted by Gasteiger charge is 2.18. The van der Waals surface area contributed by atoms with Crippen LogP contribution in [-0.4, -0.2) is 16.0 Å². The van der Waals surface area contributed by atoms with Crippen molar-refractivity contribution in [3.63, 3.8) is 0 Å². The van der Waals surface area contributed by atoms with Crippen molar-refractivity contribution in [1.29, 1.82) is 0 Å². The van der Waals surface area contributed by atoms with E-state index in [1.807, 2.05) is 37.3 Å². The van der Waals surface area contributed by atoms with E-state index in [1.54, 1.807) is 12.1 Å². The summed E-state index contributed by atoms with van der Waals surface area (Å²) < 4.78 is 12.9. The molecule has 3 aromatic rings. The van der Waals surface area contributed by atoms with Gasteiger partial charge in [-0.2, -0.15) is 0 Å². The Labute approximate surface area is 165 Å². The fourth-order valence-corrected chi connectivity index (χ4v) is 3.33. The Morgan fingerprint density at radius 2 is 1.81 bits per heavy atom. The third-order valence-corrected chi connectivity index (χ3v) is 4.86. The van der Waals surface area contributed by atoms with Crippen LogP contribution in [0.25, 0.3) is 11.3 Å². The molecule has 0 aliphatic heterocycles. The molecular formula is C19H17FN4OS2. The lowest BCUT2D eigenvalue weighted by Gasteiger charge is -2.11. The van der Waals surface area contributed by atoms with Gasteiger partial charge >= 0.3 is 0 Å². The first kappa shape index (κ1) is 18.9. The normalized spacial score (nSPS) is 10.3. The quantitative estimate of drug-likeness (QED) is 0.462. The third kappa shape index (κ3) is 5.08. The Morgan fingerprint density at radius 3 is 2.52 bits per heavy atom. The highest BCUT2D eigenvalue weighted by Crippen LogP contribution is 2.27. The average molecular weight is 401 g/mol. The average Bonchev–Trinajstić information content (AvgIpc) is 3.08. The van der Waals surface area contributed by atoms with Crippen LogP contribution in [0.4, 0.5) is 4.39 Å². The Bertz CT molecular complexity index is 942. The molecule has 0 unspecified atom stereocenters. The molecule has 138 valence electrons. The Kier molecular flexibility index (Phi) is 6.10. The van der Waals surface area contributed by atoms with Crippen molar-refractivity contribution in [3.05, 3.63) is 75.9 Å². The number of aromatic nitrogens is 1. The smallest absolute Gasteiger partial charge is 0.282 e. The van der Waals surface area contributed by atoms with Crippen LogP contribution in [0.3, 0.4) is 0 Å². The standard InChI is InChI=1S/C19H17FN4OS2/c1-12-22-16(14-5-3-2-4-6-14)17(27-12)18(25)23-24-19(26)21-11-13-7-9-15(20)10-8-13/h2-10H,11H2,1H3,(H,23,25)(H2,21,24,26). The number of carbonyl (C=O) groups excluding carboxylic acids is 1. The summed E-state index contributed by atoms with van der Waals surface area (Å²) in [5, 5.41) is 4.01. The van der Waals surface area contributed by atoms with E-state index >= 15 is 0 Å². The summed E-state index contributed by atoms with van der Waals surface area (Å²) in [6.45, 7) is 2.27. The van der Waals surface area contributed by atoms with Gasteiger partial charge in [-0.1, -0.05) is 42.5 Å².